The number of methoxy groups -OCH3 is 1. The van der Waals surface area contributed by atoms with Gasteiger partial charge in [0.1, 0.15) is 0 Å². The zero-order chi connectivity index (χ0) is 16.4. The Morgan fingerprint density at radius 3 is 3.04 bits per heavy atom. The minimum absolute atomic E-state index is 0.177. The van der Waals surface area contributed by atoms with E-state index >= 15 is 0 Å². The average molecular weight is 335 g/mol. The summed E-state index contributed by atoms with van der Waals surface area (Å²) in [6.45, 7) is 2.50. The van der Waals surface area contributed by atoms with Crippen molar-refractivity contribution in [2.75, 3.05) is 20.2 Å². The van der Waals surface area contributed by atoms with E-state index in [1.165, 1.54) is 18.4 Å². The minimum atomic E-state index is -0.483. The van der Waals surface area contributed by atoms with Crippen molar-refractivity contribution in [1.82, 2.24) is 19.9 Å². The SMILES string of the molecule is COC(=O)c1cn([C@@H]2CCN(Cc3cc(C(N)=O)cs3)C2)nn1. The Kier molecular flexibility index (Phi) is 4.39. The summed E-state index contributed by atoms with van der Waals surface area (Å²) in [6, 6.07) is 2.02. The lowest BCUT2D eigenvalue weighted by Gasteiger charge is -2.14. The van der Waals surface area contributed by atoms with Gasteiger partial charge in [0.25, 0.3) is 0 Å². The summed E-state index contributed by atoms with van der Waals surface area (Å²) in [6.07, 6.45) is 2.55. The highest BCUT2D eigenvalue weighted by atomic mass is 32.1. The maximum atomic E-state index is 11.4. The molecule has 122 valence electrons. The Hall–Kier alpha value is -2.26. The van der Waals surface area contributed by atoms with Crippen LogP contribution in [0.1, 0.15) is 38.2 Å². The van der Waals surface area contributed by atoms with Crippen molar-refractivity contribution < 1.29 is 14.3 Å². The van der Waals surface area contributed by atoms with Crippen LogP contribution in [0.5, 0.6) is 0 Å². The van der Waals surface area contributed by atoms with Crippen molar-refractivity contribution in [2.45, 2.75) is 19.0 Å². The van der Waals surface area contributed by atoms with Gasteiger partial charge in [-0.2, -0.15) is 0 Å². The lowest BCUT2D eigenvalue weighted by atomic mass is 10.3. The highest BCUT2D eigenvalue weighted by Crippen LogP contribution is 2.24. The molecule has 0 spiro atoms. The molecule has 2 aromatic heterocycles. The summed E-state index contributed by atoms with van der Waals surface area (Å²) in [4.78, 5) is 25.9. The van der Waals surface area contributed by atoms with Crippen LogP contribution in [0.3, 0.4) is 0 Å². The molecular weight excluding hydrogens is 318 g/mol. The average Bonchev–Trinajstić information content (AvgIpc) is 3.26. The number of primary amides is 1. The van der Waals surface area contributed by atoms with E-state index in [9.17, 15) is 9.59 Å². The van der Waals surface area contributed by atoms with Crippen molar-refractivity contribution in [3.63, 3.8) is 0 Å². The number of thiophene rings is 1. The molecule has 2 aromatic rings. The van der Waals surface area contributed by atoms with Gasteiger partial charge in [-0.3, -0.25) is 9.69 Å². The predicted octanol–water partition coefficient (Wildman–Crippen LogP) is 0.672. The van der Waals surface area contributed by atoms with Crippen LogP contribution in [-0.2, 0) is 11.3 Å². The van der Waals surface area contributed by atoms with E-state index in [0.29, 0.717) is 5.56 Å². The van der Waals surface area contributed by atoms with Crippen LogP contribution >= 0.6 is 11.3 Å². The van der Waals surface area contributed by atoms with Crippen LogP contribution in [0, 0.1) is 0 Å². The van der Waals surface area contributed by atoms with E-state index in [0.717, 1.165) is 30.9 Å². The third-order valence-corrected chi connectivity index (χ3v) is 4.77. The molecule has 8 nitrogen and oxygen atoms in total. The van der Waals surface area contributed by atoms with E-state index in [-0.39, 0.29) is 11.7 Å². The first kappa shape index (κ1) is 15.6. The van der Waals surface area contributed by atoms with Gasteiger partial charge in [0.05, 0.1) is 24.9 Å². The number of nitrogens with zero attached hydrogens (tertiary/aromatic N) is 4. The fourth-order valence-corrected chi connectivity index (χ4v) is 3.55. The van der Waals surface area contributed by atoms with E-state index in [1.807, 2.05) is 6.07 Å². The number of likely N-dealkylation sites (tertiary alicyclic amines) is 1. The highest BCUT2D eigenvalue weighted by Gasteiger charge is 2.26. The van der Waals surface area contributed by atoms with Crippen LogP contribution in [0.4, 0.5) is 0 Å². The lowest BCUT2D eigenvalue weighted by molar-refractivity contribution is 0.0593. The summed E-state index contributed by atoms with van der Waals surface area (Å²) >= 11 is 1.53. The van der Waals surface area contributed by atoms with E-state index in [4.69, 9.17) is 5.73 Å². The van der Waals surface area contributed by atoms with Crippen molar-refractivity contribution in [1.29, 1.82) is 0 Å². The monoisotopic (exact) mass is 335 g/mol. The number of esters is 1. The number of aromatic nitrogens is 3. The molecule has 1 atom stereocenters. The van der Waals surface area contributed by atoms with Crippen LogP contribution in [0.2, 0.25) is 0 Å². The molecule has 3 heterocycles. The van der Waals surface area contributed by atoms with Crippen molar-refractivity contribution in [3.05, 3.63) is 33.8 Å². The lowest BCUT2D eigenvalue weighted by Crippen LogP contribution is -2.21. The Morgan fingerprint density at radius 2 is 2.35 bits per heavy atom. The number of rotatable bonds is 5. The molecule has 1 aliphatic heterocycles. The molecule has 1 amide bonds. The first-order valence-corrected chi connectivity index (χ1v) is 8.04. The number of carbonyl (C=O) groups is 2. The number of hydrogen-bond acceptors (Lipinski definition) is 7. The molecule has 0 saturated carbocycles. The molecule has 3 rings (SSSR count). The standard InChI is InChI=1S/C14H17N5O3S/c1-22-14(21)12-7-19(17-16-12)10-2-3-18(5-10)6-11-4-9(8-23-11)13(15)20/h4,7-8,10H,2-3,5-6H2,1H3,(H2,15,20)/t10-/m1/s1. The zero-order valence-corrected chi connectivity index (χ0v) is 13.5. The Bertz CT molecular complexity index is 726. The van der Waals surface area contributed by atoms with E-state index < -0.39 is 11.9 Å². The Morgan fingerprint density at radius 1 is 1.52 bits per heavy atom. The van der Waals surface area contributed by atoms with Gasteiger partial charge in [0.15, 0.2) is 5.69 Å². The van der Waals surface area contributed by atoms with Crippen molar-refractivity contribution in [2.24, 2.45) is 5.73 Å². The number of carbonyl (C=O) groups excluding carboxylic acids is 2. The van der Waals surface area contributed by atoms with Gasteiger partial charge in [-0.05, 0) is 12.5 Å². The van der Waals surface area contributed by atoms with Gasteiger partial charge in [-0.15, -0.1) is 16.4 Å². The quantitative estimate of drug-likeness (QED) is 0.806. The number of hydrogen-bond donors (Lipinski definition) is 1. The normalized spacial score (nSPS) is 18.2. The number of amides is 1. The van der Waals surface area contributed by atoms with Gasteiger partial charge in [0.2, 0.25) is 5.91 Å². The summed E-state index contributed by atoms with van der Waals surface area (Å²) < 4.78 is 6.35. The van der Waals surface area contributed by atoms with Crippen molar-refractivity contribution in [3.8, 4) is 0 Å². The van der Waals surface area contributed by atoms with Crippen LogP contribution in [0.15, 0.2) is 17.6 Å². The zero-order valence-electron chi connectivity index (χ0n) is 12.6. The third kappa shape index (κ3) is 3.40. The topological polar surface area (TPSA) is 103 Å². The molecular formula is C14H17N5O3S. The van der Waals surface area contributed by atoms with Gasteiger partial charge >= 0.3 is 5.97 Å². The molecule has 1 saturated heterocycles. The maximum Gasteiger partial charge on any atom is 0.360 e. The molecule has 0 unspecified atom stereocenters. The predicted molar refractivity (Wildman–Crippen MR) is 83.1 cm³/mol. The largest absolute Gasteiger partial charge is 0.464 e. The third-order valence-electron chi connectivity index (χ3n) is 3.84. The molecule has 1 aliphatic rings. The highest BCUT2D eigenvalue weighted by molar-refractivity contribution is 7.10. The van der Waals surface area contributed by atoms with Crippen LogP contribution in [-0.4, -0.2) is 52.0 Å². The van der Waals surface area contributed by atoms with Gasteiger partial charge in [0, 0.05) is 29.9 Å². The molecule has 0 aromatic carbocycles. The van der Waals surface area contributed by atoms with Crippen LogP contribution in [0.25, 0.3) is 0 Å². The number of ether oxygens (including phenoxy) is 1. The fourth-order valence-electron chi connectivity index (χ4n) is 2.64. The smallest absolute Gasteiger partial charge is 0.360 e. The van der Waals surface area contributed by atoms with Gasteiger partial charge in [-0.1, -0.05) is 5.21 Å². The first-order chi connectivity index (χ1) is 11.1. The molecule has 0 aliphatic carbocycles. The van der Waals surface area contributed by atoms with Gasteiger partial charge < -0.3 is 10.5 Å². The Balaban J connectivity index is 1.60. The first-order valence-electron chi connectivity index (χ1n) is 7.16. The molecule has 0 radical (unpaired) electrons. The Labute approximate surface area is 136 Å². The second-order valence-corrected chi connectivity index (χ2v) is 6.41. The minimum Gasteiger partial charge on any atom is -0.464 e. The van der Waals surface area contributed by atoms with Gasteiger partial charge in [-0.25, -0.2) is 9.48 Å². The summed E-state index contributed by atoms with van der Waals surface area (Å²) in [5, 5.41) is 9.63. The number of nitrogens with two attached hydrogens (primary N) is 1. The molecule has 23 heavy (non-hydrogen) atoms. The van der Waals surface area contributed by atoms with Crippen molar-refractivity contribution >= 4 is 23.2 Å². The molecule has 2 N–H and O–H groups in total. The van der Waals surface area contributed by atoms with E-state index in [1.54, 1.807) is 16.3 Å². The molecule has 9 heteroatoms. The second-order valence-electron chi connectivity index (χ2n) is 5.42. The fraction of sp³-hybridized carbons (Fsp3) is 0.429. The van der Waals surface area contributed by atoms with Crippen LogP contribution < -0.4 is 5.73 Å². The molecule has 1 fully saturated rings. The summed E-state index contributed by atoms with van der Waals surface area (Å²) in [5.74, 6) is -0.881. The summed E-state index contributed by atoms with van der Waals surface area (Å²) in [5.41, 5.74) is 6.04. The molecule has 0 bridgehead atoms. The second kappa shape index (κ2) is 6.47. The summed E-state index contributed by atoms with van der Waals surface area (Å²) in [7, 11) is 1.32. The van der Waals surface area contributed by atoms with E-state index in [2.05, 4.69) is 19.9 Å². The maximum absolute atomic E-state index is 11.4.